The van der Waals surface area contributed by atoms with Crippen molar-refractivity contribution in [2.45, 2.75) is 38.6 Å². The molecule has 0 radical (unpaired) electrons. The largest absolute Gasteiger partial charge is 0.394 e. The summed E-state index contributed by atoms with van der Waals surface area (Å²) in [6.07, 6.45) is 5.28. The molecule has 134 valence electrons. The molecular formula is C19H20N4O3. The number of aliphatic hydroxyl groups is 1. The molecule has 1 atom stereocenters. The number of aromatic nitrogens is 4. The Morgan fingerprint density at radius 1 is 1.50 bits per heavy atom. The monoisotopic (exact) mass is 355 g/mol. The van der Waals surface area contributed by atoms with Crippen LogP contribution in [0.3, 0.4) is 0 Å². The summed E-state index contributed by atoms with van der Waals surface area (Å²) >= 11 is 0. The van der Waals surface area contributed by atoms with Crippen LogP contribution in [0.1, 0.15) is 50.2 Å². The maximum absolute atomic E-state index is 12.6. The average molecular weight is 355 g/mol. The van der Waals surface area contributed by atoms with Crippen LogP contribution >= 0.6 is 0 Å². The molecule has 1 N–H and O–H groups in total. The zero-order chi connectivity index (χ0) is 20.6. The van der Waals surface area contributed by atoms with Crippen LogP contribution in [0.15, 0.2) is 35.1 Å². The average Bonchev–Trinajstić information content (AvgIpc) is 3.41. The van der Waals surface area contributed by atoms with E-state index in [0.29, 0.717) is 24.1 Å². The van der Waals surface area contributed by atoms with Gasteiger partial charge in [0.05, 0.1) is 24.9 Å². The Morgan fingerprint density at radius 3 is 3.23 bits per heavy atom. The highest BCUT2D eigenvalue weighted by Crippen LogP contribution is 2.38. The lowest BCUT2D eigenvalue weighted by Gasteiger charge is -2.10. The Morgan fingerprint density at radius 2 is 2.42 bits per heavy atom. The number of benzene rings is 1. The van der Waals surface area contributed by atoms with Crippen molar-refractivity contribution in [1.29, 1.82) is 0 Å². The summed E-state index contributed by atoms with van der Waals surface area (Å²) in [5, 5.41) is 16.8. The molecule has 1 aromatic carbocycles. The van der Waals surface area contributed by atoms with Crippen LogP contribution in [0.4, 0.5) is 0 Å². The van der Waals surface area contributed by atoms with Gasteiger partial charge in [-0.1, -0.05) is 17.3 Å². The molecule has 0 fully saturated rings. The van der Waals surface area contributed by atoms with Crippen LogP contribution < -0.4 is 0 Å². The van der Waals surface area contributed by atoms with E-state index >= 15 is 0 Å². The summed E-state index contributed by atoms with van der Waals surface area (Å²) in [6, 6.07) is 5.72. The predicted molar refractivity (Wildman–Crippen MR) is 93.8 cm³/mol. The van der Waals surface area contributed by atoms with Crippen molar-refractivity contribution in [2.24, 2.45) is 0 Å². The fourth-order valence-electron chi connectivity index (χ4n) is 3.47. The molecule has 1 aliphatic carbocycles. The van der Waals surface area contributed by atoms with E-state index in [1.807, 2.05) is 18.2 Å². The molecule has 4 rings (SSSR count). The number of aliphatic hydroxyl groups excluding tert-OH is 1. The Labute approximate surface area is 154 Å². The fraction of sp³-hybridized carbons (Fsp3) is 0.368. The van der Waals surface area contributed by atoms with E-state index in [1.54, 1.807) is 10.9 Å². The van der Waals surface area contributed by atoms with Gasteiger partial charge in [-0.3, -0.25) is 9.48 Å². The van der Waals surface area contributed by atoms with Crippen molar-refractivity contribution in [3.05, 3.63) is 53.2 Å². The van der Waals surface area contributed by atoms with Gasteiger partial charge in [-0.05, 0) is 36.0 Å². The maximum Gasteiger partial charge on any atom is 0.223 e. The van der Waals surface area contributed by atoms with Gasteiger partial charge >= 0.3 is 0 Å². The smallest absolute Gasteiger partial charge is 0.223 e. The number of ketones is 1. The van der Waals surface area contributed by atoms with Crippen LogP contribution in [0.5, 0.6) is 0 Å². The number of rotatable bonds is 6. The van der Waals surface area contributed by atoms with Gasteiger partial charge in [-0.2, -0.15) is 10.1 Å². The van der Waals surface area contributed by atoms with Crippen molar-refractivity contribution in [3.8, 4) is 11.4 Å². The molecule has 2 heterocycles. The molecule has 2 aromatic heterocycles. The van der Waals surface area contributed by atoms with Gasteiger partial charge in [0.1, 0.15) is 0 Å². The van der Waals surface area contributed by atoms with Crippen molar-refractivity contribution in [2.75, 3.05) is 6.61 Å². The summed E-state index contributed by atoms with van der Waals surface area (Å²) in [5.74, 6) is 0.0144. The SMILES string of the molecule is [2H]C([2H])([2H])c1nc(-c2ccc3c(c2)CC[C@H]3CC(=O)c2cnn(CCO)c2)no1. The molecule has 0 unspecified atom stereocenters. The van der Waals surface area contributed by atoms with E-state index < -0.39 is 6.85 Å². The lowest BCUT2D eigenvalue weighted by molar-refractivity contribution is 0.0973. The van der Waals surface area contributed by atoms with E-state index in [-0.39, 0.29) is 30.0 Å². The number of carbonyl (C=O) groups excluding carboxylic acids is 1. The minimum absolute atomic E-state index is 0.0246. The maximum atomic E-state index is 12.6. The van der Waals surface area contributed by atoms with Crippen LogP contribution in [0, 0.1) is 6.85 Å². The zero-order valence-electron chi connectivity index (χ0n) is 17.1. The number of Topliss-reactive ketones (excluding diaryl/α,β-unsaturated/α-hetero) is 1. The highest BCUT2D eigenvalue weighted by Gasteiger charge is 2.26. The molecule has 0 saturated heterocycles. The summed E-state index contributed by atoms with van der Waals surface area (Å²) in [6.45, 7) is -2.10. The van der Waals surface area contributed by atoms with E-state index in [4.69, 9.17) is 13.7 Å². The number of hydrogen-bond acceptors (Lipinski definition) is 6. The first kappa shape index (κ1) is 13.4. The predicted octanol–water partition coefficient (Wildman–Crippen LogP) is 2.54. The number of aryl methyl sites for hydroxylation is 2. The molecule has 26 heavy (non-hydrogen) atoms. The minimum atomic E-state index is -2.43. The molecule has 0 aliphatic heterocycles. The number of hydrogen-bond donors (Lipinski definition) is 1. The summed E-state index contributed by atoms with van der Waals surface area (Å²) in [7, 11) is 0. The van der Waals surface area contributed by atoms with Crippen molar-refractivity contribution < 1.29 is 18.5 Å². The lowest BCUT2D eigenvalue weighted by Crippen LogP contribution is -2.05. The Hall–Kier alpha value is -2.80. The topological polar surface area (TPSA) is 94.0 Å². The number of carbonyl (C=O) groups is 1. The van der Waals surface area contributed by atoms with Gasteiger partial charge in [0.15, 0.2) is 5.78 Å². The van der Waals surface area contributed by atoms with Crippen LogP contribution in [-0.4, -0.2) is 37.4 Å². The van der Waals surface area contributed by atoms with E-state index in [1.165, 1.54) is 6.20 Å². The summed E-state index contributed by atoms with van der Waals surface area (Å²) in [4.78, 5) is 16.6. The third-order valence-corrected chi connectivity index (χ3v) is 4.75. The van der Waals surface area contributed by atoms with Gasteiger partial charge in [-0.25, -0.2) is 0 Å². The normalized spacial score (nSPS) is 18.2. The molecule has 1 aliphatic rings. The molecule has 0 spiro atoms. The van der Waals surface area contributed by atoms with Gasteiger partial charge in [0.25, 0.3) is 0 Å². The third-order valence-electron chi connectivity index (χ3n) is 4.75. The highest BCUT2D eigenvalue weighted by molar-refractivity contribution is 5.96. The standard InChI is InChI=1S/C19H20N4O3/c1-12-21-19(22-26-12)15-4-5-17-13(8-15)2-3-14(17)9-18(25)16-10-20-23(11-16)6-7-24/h4-5,8,10-11,14,24H,2-3,6-7,9H2,1H3/t14-/m0/s1/i1D3. The number of fused-ring (bicyclic) bond motifs is 1. The Kier molecular flexibility index (Phi) is 3.53. The number of nitrogens with zero attached hydrogens (tertiary/aromatic N) is 4. The first-order valence-corrected chi connectivity index (χ1v) is 8.49. The Balaban J connectivity index is 1.49. The first-order valence-electron chi connectivity index (χ1n) is 9.99. The van der Waals surface area contributed by atoms with Gasteiger partial charge < -0.3 is 9.63 Å². The second kappa shape index (κ2) is 6.84. The second-order valence-corrected chi connectivity index (χ2v) is 6.42. The van der Waals surface area contributed by atoms with E-state index in [9.17, 15) is 4.79 Å². The van der Waals surface area contributed by atoms with Crippen molar-refractivity contribution in [1.82, 2.24) is 19.9 Å². The first-order chi connectivity index (χ1) is 13.8. The lowest BCUT2D eigenvalue weighted by atomic mass is 9.93. The fourth-order valence-corrected chi connectivity index (χ4v) is 3.47. The second-order valence-electron chi connectivity index (χ2n) is 6.42. The van der Waals surface area contributed by atoms with E-state index in [2.05, 4.69) is 15.2 Å². The molecule has 0 bridgehead atoms. The van der Waals surface area contributed by atoms with Gasteiger partial charge in [0, 0.05) is 29.1 Å². The minimum Gasteiger partial charge on any atom is -0.394 e. The third kappa shape index (κ3) is 3.17. The van der Waals surface area contributed by atoms with Crippen molar-refractivity contribution in [3.63, 3.8) is 0 Å². The molecule has 7 nitrogen and oxygen atoms in total. The van der Waals surface area contributed by atoms with E-state index in [0.717, 1.165) is 24.0 Å². The Bertz CT molecular complexity index is 1040. The van der Waals surface area contributed by atoms with Crippen LogP contribution in [0.2, 0.25) is 0 Å². The molecular weight excluding hydrogens is 332 g/mol. The van der Waals surface area contributed by atoms with Crippen LogP contribution in [0.25, 0.3) is 11.4 Å². The van der Waals surface area contributed by atoms with Crippen molar-refractivity contribution >= 4 is 5.78 Å². The van der Waals surface area contributed by atoms with Crippen LogP contribution in [-0.2, 0) is 13.0 Å². The molecule has 3 aromatic rings. The zero-order valence-corrected chi connectivity index (χ0v) is 14.1. The molecule has 7 heteroatoms. The summed E-state index contributed by atoms with van der Waals surface area (Å²) in [5.41, 5.74) is 3.47. The van der Waals surface area contributed by atoms with Gasteiger partial charge in [0.2, 0.25) is 11.7 Å². The van der Waals surface area contributed by atoms with Gasteiger partial charge in [-0.15, -0.1) is 0 Å². The summed E-state index contributed by atoms with van der Waals surface area (Å²) < 4.78 is 28.4. The quantitative estimate of drug-likeness (QED) is 0.683. The highest BCUT2D eigenvalue weighted by atomic mass is 16.5. The molecule has 0 amide bonds. The molecule has 0 saturated carbocycles.